The fraction of sp³-hybridized carbons (Fsp3) is 0.122. The number of alkyl halides is 8. The molecule has 0 fully saturated rings. The van der Waals surface area contributed by atoms with Crippen molar-refractivity contribution in [3.63, 3.8) is 0 Å². The van der Waals surface area contributed by atoms with Gasteiger partial charge in [0.25, 0.3) is 0 Å². The third kappa shape index (κ3) is 27.5. The minimum absolute atomic E-state index is 0.0861. The third-order valence-electron chi connectivity index (χ3n) is 14.7. The first kappa shape index (κ1) is 75.2. The first-order valence-electron chi connectivity index (χ1n) is 30.2. The normalized spacial score (nSPS) is 11.8. The second kappa shape index (κ2) is 41.7. The zero-order valence-corrected chi connectivity index (χ0v) is 60.4. The molecule has 0 amide bonds. The molecule has 12 rings (SSSR count). The van der Waals surface area contributed by atoms with Crippen LogP contribution >= 0.6 is 125 Å². The lowest BCUT2D eigenvalue weighted by atomic mass is 9.98. The van der Waals surface area contributed by atoms with E-state index in [0.29, 0.717) is 0 Å². The van der Waals surface area contributed by atoms with Crippen LogP contribution in [0.2, 0.25) is 0 Å². The Morgan fingerprint density at radius 1 is 0.202 bits per heavy atom. The van der Waals surface area contributed by atoms with Crippen molar-refractivity contribution in [1.29, 1.82) is 0 Å². The highest BCUT2D eigenvalue weighted by Crippen LogP contribution is 2.32. The summed E-state index contributed by atoms with van der Waals surface area (Å²) in [4.78, 5) is 0. The van der Waals surface area contributed by atoms with Crippen LogP contribution in [-0.4, -0.2) is 18.8 Å². The molecule has 2 N–H and O–H groups in total. The van der Waals surface area contributed by atoms with Crippen molar-refractivity contribution in [3.05, 3.63) is 426 Å². The van der Waals surface area contributed by atoms with Crippen molar-refractivity contribution >= 4 is 125 Å². The van der Waals surface area contributed by atoms with Crippen LogP contribution in [0.3, 0.4) is 0 Å². The van der Waals surface area contributed by atoms with Gasteiger partial charge >= 0.3 is 0 Å². The van der Waals surface area contributed by atoms with Crippen LogP contribution in [0.1, 0.15) is 112 Å². The molecular formula is C82H70Br2Cl8O2. The number of aliphatic hydroxyl groups is 2. The maximum Gasteiger partial charge on any atom is 0.180 e. The van der Waals surface area contributed by atoms with Crippen molar-refractivity contribution in [2.75, 3.05) is 0 Å². The Bertz CT molecular complexity index is 3690. The van der Waals surface area contributed by atoms with E-state index in [1.54, 1.807) is 0 Å². The van der Waals surface area contributed by atoms with Crippen LogP contribution in [0.25, 0.3) is 0 Å². The van der Waals surface area contributed by atoms with Gasteiger partial charge in [0.15, 0.2) is 8.59 Å². The molecule has 4 atom stereocenters. The maximum absolute atomic E-state index is 10.4. The number of aliphatic hydroxyl groups excluding tert-OH is 2. The predicted octanol–water partition coefficient (Wildman–Crippen LogP) is 25.4. The SMILES string of the molecule is ClC(Cl)Cl.ClC(Cl)Cl.ClC(c1ccc(Br)cc1)c1ccc(Cc2ccccc2)cc1.ClC(c1ccccc1)c1ccc(Cc2ccccc2)cc1.OC(c1ccc(Br)cc1)c1ccc(Cc2ccccc2)cc1.OC(c1ccccc1)c1ccc(Cc2ccccc2)cc1. The van der Waals surface area contributed by atoms with E-state index in [1.165, 1.54) is 44.5 Å². The number of benzene rings is 12. The largest absolute Gasteiger partial charge is 0.384 e. The van der Waals surface area contributed by atoms with Gasteiger partial charge in [0.2, 0.25) is 0 Å². The Labute approximate surface area is 611 Å². The number of hydrogen-bond acceptors (Lipinski definition) is 2. The average molecular weight is 1530 g/mol. The van der Waals surface area contributed by atoms with Gasteiger partial charge in [0, 0.05) is 8.95 Å². The molecule has 12 aromatic carbocycles. The minimum atomic E-state index is -0.750. The summed E-state index contributed by atoms with van der Waals surface area (Å²) in [6.07, 6.45) is 2.60. The lowest BCUT2D eigenvalue weighted by molar-refractivity contribution is 0.220. The van der Waals surface area contributed by atoms with Crippen molar-refractivity contribution < 1.29 is 10.2 Å². The third-order valence-corrected chi connectivity index (χ3v) is 16.8. The van der Waals surface area contributed by atoms with E-state index in [2.05, 4.69) is 226 Å². The Morgan fingerprint density at radius 2 is 0.351 bits per heavy atom. The number of halogens is 10. The summed E-state index contributed by atoms with van der Waals surface area (Å²) in [5.41, 5.74) is 18.5. The highest BCUT2D eigenvalue weighted by atomic mass is 79.9. The lowest BCUT2D eigenvalue weighted by Gasteiger charge is -2.12. The molecule has 0 aliphatic rings. The first-order chi connectivity index (χ1) is 45.6. The Balaban J connectivity index is 0.000000170. The molecule has 480 valence electrons. The second-order valence-corrected chi connectivity index (χ2v) is 28.2. The average Bonchev–Trinajstić information content (AvgIpc) is 1.96. The fourth-order valence-electron chi connectivity index (χ4n) is 9.87. The van der Waals surface area contributed by atoms with Crippen molar-refractivity contribution in [3.8, 4) is 0 Å². The first-order valence-corrected chi connectivity index (χ1v) is 35.2. The summed E-state index contributed by atoms with van der Waals surface area (Å²) in [6, 6.07) is 111. The molecule has 12 heteroatoms. The van der Waals surface area contributed by atoms with Gasteiger partial charge < -0.3 is 10.2 Å². The van der Waals surface area contributed by atoms with Crippen LogP contribution in [0.4, 0.5) is 0 Å². The molecule has 12 aromatic rings. The standard InChI is InChI=1S/C20H16BrCl.C20H17BrO.C20H17Cl.C20H18O.2CHCl3/c2*21-19-12-10-18(11-13-19)20(22)17-8-6-16(7-9-17)14-15-4-2-1-3-5-15;2*21-20(18-9-5-2-6-10-18)19-13-11-17(12-14-19)15-16-7-3-1-4-8-16;2*2-1(3)4/h1-13,20H,14H2;1-13,20,22H,14H2;1-14,20H,15H2;1-14,20-21H,15H2;2*1H. The zero-order valence-electron chi connectivity index (χ0n) is 51.1. The molecule has 0 bridgehead atoms. The van der Waals surface area contributed by atoms with E-state index in [9.17, 15) is 10.2 Å². The highest BCUT2D eigenvalue weighted by molar-refractivity contribution is 9.10. The van der Waals surface area contributed by atoms with Crippen LogP contribution in [-0.2, 0) is 25.7 Å². The Hall–Kier alpha value is -6.16. The van der Waals surface area contributed by atoms with E-state index in [-0.39, 0.29) is 10.8 Å². The summed E-state index contributed by atoms with van der Waals surface area (Å²) in [5, 5.41) is 20.6. The molecule has 0 aromatic heterocycles. The van der Waals surface area contributed by atoms with Gasteiger partial charge in [-0.05, 0) is 139 Å². The Kier molecular flexibility index (Phi) is 33.4. The molecule has 94 heavy (non-hydrogen) atoms. The van der Waals surface area contributed by atoms with Gasteiger partial charge in [0.1, 0.15) is 12.2 Å². The number of hydrogen-bond donors (Lipinski definition) is 2. The van der Waals surface area contributed by atoms with Crippen LogP contribution < -0.4 is 0 Å². The van der Waals surface area contributed by atoms with Gasteiger partial charge in [-0.25, -0.2) is 0 Å². The summed E-state index contributed by atoms with van der Waals surface area (Å²) in [5.74, 6) is 0. The van der Waals surface area contributed by atoms with E-state index in [0.717, 1.165) is 79.1 Å². The van der Waals surface area contributed by atoms with Crippen LogP contribution in [0.5, 0.6) is 0 Å². The van der Waals surface area contributed by atoms with Crippen molar-refractivity contribution in [2.45, 2.75) is 57.2 Å². The van der Waals surface area contributed by atoms with E-state index >= 15 is 0 Å². The quantitative estimate of drug-likeness (QED) is 0.0947. The van der Waals surface area contributed by atoms with Crippen molar-refractivity contribution in [2.24, 2.45) is 0 Å². The molecule has 2 nitrogen and oxygen atoms in total. The zero-order chi connectivity index (χ0) is 66.9. The molecule has 4 unspecified atom stereocenters. The van der Waals surface area contributed by atoms with Gasteiger partial charge in [0.05, 0.1) is 10.8 Å². The molecule has 0 aliphatic heterocycles. The predicted molar refractivity (Wildman–Crippen MR) is 410 cm³/mol. The second-order valence-electron chi connectivity index (χ2n) is 21.6. The lowest BCUT2D eigenvalue weighted by Crippen LogP contribution is -1.99. The molecule has 0 saturated heterocycles. The Morgan fingerprint density at radius 3 is 0.585 bits per heavy atom. The molecular weight excluding hydrogens is 1460 g/mol. The van der Waals surface area contributed by atoms with Gasteiger partial charge in [-0.3, -0.25) is 0 Å². The van der Waals surface area contributed by atoms with Gasteiger partial charge in [-0.1, -0.05) is 405 Å². The highest BCUT2D eigenvalue weighted by Gasteiger charge is 2.14. The molecule has 0 radical (unpaired) electrons. The van der Waals surface area contributed by atoms with Gasteiger partial charge in [-0.2, -0.15) is 0 Å². The smallest absolute Gasteiger partial charge is 0.180 e. The molecule has 0 saturated carbocycles. The van der Waals surface area contributed by atoms with Crippen molar-refractivity contribution in [1.82, 2.24) is 0 Å². The number of rotatable bonds is 16. The molecule has 0 aliphatic carbocycles. The molecule has 0 spiro atoms. The summed E-state index contributed by atoms with van der Waals surface area (Å²) >= 11 is 48.8. The molecule has 0 heterocycles. The van der Waals surface area contributed by atoms with E-state index < -0.39 is 20.8 Å². The summed E-state index contributed by atoms with van der Waals surface area (Å²) in [7, 11) is 0. The van der Waals surface area contributed by atoms with E-state index in [1.807, 2.05) is 133 Å². The summed E-state index contributed by atoms with van der Waals surface area (Å²) in [6.45, 7) is 0. The van der Waals surface area contributed by atoms with Crippen LogP contribution in [0.15, 0.2) is 337 Å². The topological polar surface area (TPSA) is 40.5 Å². The fourth-order valence-corrected chi connectivity index (χ4v) is 11.0. The minimum Gasteiger partial charge on any atom is -0.384 e. The van der Waals surface area contributed by atoms with Crippen LogP contribution in [0, 0.1) is 0 Å². The maximum atomic E-state index is 10.4. The van der Waals surface area contributed by atoms with E-state index in [4.69, 9.17) is 92.8 Å². The monoisotopic (exact) mass is 1520 g/mol. The summed E-state index contributed by atoms with van der Waals surface area (Å²) < 4.78 is 0.583. The van der Waals surface area contributed by atoms with Gasteiger partial charge in [-0.15, -0.1) is 23.2 Å².